The van der Waals surface area contributed by atoms with E-state index < -0.39 is 40.3 Å². The zero-order valence-electron chi connectivity index (χ0n) is 22.1. The molecule has 8 nitrogen and oxygen atoms in total. The van der Waals surface area contributed by atoms with Gasteiger partial charge in [0.2, 0.25) is 11.8 Å². The molecule has 2 aromatic carbocycles. The van der Waals surface area contributed by atoms with Crippen molar-refractivity contribution in [1.29, 1.82) is 0 Å². The molecule has 1 aliphatic carbocycles. The maximum atomic E-state index is 14.7. The van der Waals surface area contributed by atoms with Gasteiger partial charge in [0.15, 0.2) is 0 Å². The molecule has 38 heavy (non-hydrogen) atoms. The summed E-state index contributed by atoms with van der Waals surface area (Å²) in [5.74, 6) is -2.27. The quantitative estimate of drug-likeness (QED) is 0.461. The predicted molar refractivity (Wildman–Crippen MR) is 142 cm³/mol. The molecular weight excluding hydrogens is 514 g/mol. The lowest BCUT2D eigenvalue weighted by molar-refractivity contribution is -0.140. The Bertz CT molecular complexity index is 1200. The van der Waals surface area contributed by atoms with E-state index in [9.17, 15) is 26.8 Å². The number of para-hydroxylation sites is 1. The zero-order valence-corrected chi connectivity index (χ0v) is 22.9. The van der Waals surface area contributed by atoms with Crippen LogP contribution in [-0.4, -0.2) is 62.2 Å². The van der Waals surface area contributed by atoms with Crippen LogP contribution in [0.1, 0.15) is 51.0 Å². The van der Waals surface area contributed by atoms with E-state index in [0.717, 1.165) is 42.5 Å². The van der Waals surface area contributed by atoms with E-state index in [1.165, 1.54) is 61.5 Å². The van der Waals surface area contributed by atoms with E-state index in [4.69, 9.17) is 0 Å². The number of carbonyl (C=O) groups excluding carboxylic acids is 2. The summed E-state index contributed by atoms with van der Waals surface area (Å²) >= 11 is 0. The average molecular weight is 551 g/mol. The first-order valence-electron chi connectivity index (χ1n) is 12.8. The number of anilines is 1. The van der Waals surface area contributed by atoms with Gasteiger partial charge in [-0.25, -0.2) is 13.1 Å². The Balaban J connectivity index is 1.96. The molecule has 11 heteroatoms. The van der Waals surface area contributed by atoms with E-state index in [0.29, 0.717) is 9.87 Å². The summed E-state index contributed by atoms with van der Waals surface area (Å²) < 4.78 is 56.2. The summed E-state index contributed by atoms with van der Waals surface area (Å²) in [5, 5.41) is 3.05. The number of nitrogens with one attached hydrogen (secondary N) is 1. The second-order valence-electron chi connectivity index (χ2n) is 9.66. The minimum Gasteiger partial charge on any atom is -0.352 e. The van der Waals surface area contributed by atoms with Gasteiger partial charge >= 0.3 is 10.2 Å². The molecule has 0 aliphatic heterocycles. The molecule has 1 aliphatic rings. The summed E-state index contributed by atoms with van der Waals surface area (Å²) in [5.41, 5.74) is 0.285. The minimum atomic E-state index is -4.27. The highest BCUT2D eigenvalue weighted by molar-refractivity contribution is 7.90. The van der Waals surface area contributed by atoms with Gasteiger partial charge in [-0.1, -0.05) is 50.5 Å². The molecule has 1 fully saturated rings. The second-order valence-corrected chi connectivity index (χ2v) is 11.7. The molecule has 1 saturated carbocycles. The van der Waals surface area contributed by atoms with Gasteiger partial charge in [-0.15, -0.1) is 0 Å². The van der Waals surface area contributed by atoms with Crippen molar-refractivity contribution < 1.29 is 26.8 Å². The first-order valence-corrected chi connectivity index (χ1v) is 14.2. The SMILES string of the molecule is CCC(C(=O)NC1CCCCC1)N(Cc1ccc(F)cc1)C(=O)CN(c1ccccc1F)S(=O)(=O)N(C)C. The monoisotopic (exact) mass is 550 g/mol. The van der Waals surface area contributed by atoms with Gasteiger partial charge in [0.1, 0.15) is 24.2 Å². The van der Waals surface area contributed by atoms with Crippen LogP contribution in [0, 0.1) is 11.6 Å². The van der Waals surface area contributed by atoms with Crippen LogP contribution in [0.15, 0.2) is 48.5 Å². The minimum absolute atomic E-state index is 0.0112. The lowest BCUT2D eigenvalue weighted by atomic mass is 9.95. The van der Waals surface area contributed by atoms with Gasteiger partial charge in [-0.05, 0) is 49.1 Å². The maximum Gasteiger partial charge on any atom is 0.304 e. The van der Waals surface area contributed by atoms with Crippen molar-refractivity contribution in [2.75, 3.05) is 24.9 Å². The Morgan fingerprint density at radius 3 is 2.21 bits per heavy atom. The topological polar surface area (TPSA) is 90.0 Å². The Labute approximate surface area is 223 Å². The maximum absolute atomic E-state index is 14.7. The van der Waals surface area contributed by atoms with Crippen molar-refractivity contribution in [1.82, 2.24) is 14.5 Å². The van der Waals surface area contributed by atoms with Gasteiger partial charge < -0.3 is 10.2 Å². The van der Waals surface area contributed by atoms with Gasteiger partial charge in [0.05, 0.1) is 5.69 Å². The van der Waals surface area contributed by atoms with Crippen molar-refractivity contribution in [2.24, 2.45) is 0 Å². The van der Waals surface area contributed by atoms with Gasteiger partial charge in [-0.2, -0.15) is 12.7 Å². The Morgan fingerprint density at radius 2 is 1.63 bits per heavy atom. The molecule has 1 unspecified atom stereocenters. The van der Waals surface area contributed by atoms with Crippen LogP contribution in [0.2, 0.25) is 0 Å². The number of benzene rings is 2. The second kappa shape index (κ2) is 13.1. The van der Waals surface area contributed by atoms with E-state index in [-0.39, 0.29) is 30.6 Å². The van der Waals surface area contributed by atoms with E-state index >= 15 is 0 Å². The van der Waals surface area contributed by atoms with Crippen LogP contribution in [0.25, 0.3) is 0 Å². The predicted octanol–water partition coefficient (Wildman–Crippen LogP) is 3.83. The molecule has 0 radical (unpaired) electrons. The molecule has 0 heterocycles. The highest BCUT2D eigenvalue weighted by atomic mass is 32.2. The van der Waals surface area contributed by atoms with Crippen molar-refractivity contribution in [3.8, 4) is 0 Å². The Morgan fingerprint density at radius 1 is 1.00 bits per heavy atom. The molecule has 0 aromatic heterocycles. The van der Waals surface area contributed by atoms with Crippen LogP contribution >= 0.6 is 0 Å². The van der Waals surface area contributed by atoms with Crippen molar-refractivity contribution >= 4 is 27.7 Å². The van der Waals surface area contributed by atoms with Crippen LogP contribution in [-0.2, 0) is 26.3 Å². The van der Waals surface area contributed by atoms with Crippen molar-refractivity contribution in [3.63, 3.8) is 0 Å². The molecule has 1 atom stereocenters. The van der Waals surface area contributed by atoms with Crippen LogP contribution in [0.5, 0.6) is 0 Å². The number of carbonyl (C=O) groups is 2. The molecular formula is C27H36F2N4O4S. The average Bonchev–Trinajstić information content (AvgIpc) is 2.89. The smallest absolute Gasteiger partial charge is 0.304 e. The number of nitrogens with zero attached hydrogens (tertiary/aromatic N) is 3. The normalized spacial score (nSPS) is 15.2. The van der Waals surface area contributed by atoms with Crippen LogP contribution in [0.4, 0.5) is 14.5 Å². The summed E-state index contributed by atoms with van der Waals surface area (Å²) in [6.07, 6.45) is 5.13. The molecule has 2 aromatic rings. The molecule has 1 N–H and O–H groups in total. The van der Waals surface area contributed by atoms with Crippen molar-refractivity contribution in [3.05, 3.63) is 65.7 Å². The third-order valence-corrected chi connectivity index (χ3v) is 8.55. The number of hydrogen-bond donors (Lipinski definition) is 1. The van der Waals surface area contributed by atoms with Gasteiger partial charge in [0, 0.05) is 26.7 Å². The third-order valence-electron chi connectivity index (χ3n) is 6.74. The zero-order chi connectivity index (χ0) is 27.9. The largest absolute Gasteiger partial charge is 0.352 e. The molecule has 0 saturated heterocycles. The summed E-state index contributed by atoms with van der Waals surface area (Å²) in [4.78, 5) is 28.5. The highest BCUT2D eigenvalue weighted by Crippen LogP contribution is 2.24. The van der Waals surface area contributed by atoms with Gasteiger partial charge in [0.25, 0.3) is 0 Å². The standard InChI is InChI=1S/C27H36F2N4O4S/c1-4-24(27(35)30-22-10-6-5-7-11-22)32(18-20-14-16-21(28)17-15-20)26(34)19-33(38(36,37)31(2)3)25-13-9-8-12-23(25)29/h8-9,12-17,22,24H,4-7,10-11,18-19H2,1-3H3,(H,30,35). The summed E-state index contributed by atoms with van der Waals surface area (Å²) in [6, 6.07) is 9.91. The summed E-state index contributed by atoms with van der Waals surface area (Å²) in [7, 11) is -1.69. The number of hydrogen-bond acceptors (Lipinski definition) is 4. The van der Waals surface area contributed by atoms with Crippen molar-refractivity contribution in [2.45, 2.75) is 64.1 Å². The highest BCUT2D eigenvalue weighted by Gasteiger charge is 2.35. The third kappa shape index (κ3) is 7.28. The fourth-order valence-corrected chi connectivity index (χ4v) is 5.67. The first kappa shape index (κ1) is 29.5. The number of amides is 2. The molecule has 0 spiro atoms. The molecule has 0 bridgehead atoms. The van der Waals surface area contributed by atoms with Crippen LogP contribution < -0.4 is 9.62 Å². The molecule has 208 valence electrons. The lowest BCUT2D eigenvalue weighted by Crippen LogP contribution is -2.54. The fourth-order valence-electron chi connectivity index (χ4n) is 4.61. The fraction of sp³-hybridized carbons (Fsp3) is 0.481. The summed E-state index contributed by atoms with van der Waals surface area (Å²) in [6.45, 7) is 0.986. The van der Waals surface area contributed by atoms with Crippen LogP contribution in [0.3, 0.4) is 0 Å². The van der Waals surface area contributed by atoms with E-state index in [1.807, 2.05) is 0 Å². The lowest BCUT2D eigenvalue weighted by Gasteiger charge is -2.35. The number of rotatable bonds is 11. The number of halogens is 2. The van der Waals surface area contributed by atoms with E-state index in [1.54, 1.807) is 6.92 Å². The first-order chi connectivity index (χ1) is 18.0. The molecule has 2 amide bonds. The van der Waals surface area contributed by atoms with Gasteiger partial charge in [-0.3, -0.25) is 9.59 Å². The Hall–Kier alpha value is -3.05. The van der Waals surface area contributed by atoms with E-state index in [2.05, 4.69) is 5.32 Å². The molecule has 3 rings (SSSR count). The Kier molecular flexibility index (Phi) is 10.2.